The zero-order valence-electron chi connectivity index (χ0n) is 19.5. The number of carbonyl (C=O) groups excluding carboxylic acids is 2. The number of amides is 2. The number of hydrogen-bond donors (Lipinski definition) is 2. The summed E-state index contributed by atoms with van der Waals surface area (Å²) in [6, 6.07) is 5.97. The molecule has 1 aliphatic carbocycles. The Balaban J connectivity index is 1.72. The van der Waals surface area contributed by atoms with Crippen molar-refractivity contribution in [1.29, 1.82) is 5.26 Å². The van der Waals surface area contributed by atoms with Crippen molar-refractivity contribution in [3.8, 4) is 11.9 Å². The molecule has 2 fully saturated rings. The molecule has 2 N–H and O–H groups in total. The molecule has 33 heavy (non-hydrogen) atoms. The van der Waals surface area contributed by atoms with Crippen molar-refractivity contribution in [1.82, 2.24) is 20.5 Å². The molecule has 10 nitrogen and oxygen atoms in total. The highest BCUT2D eigenvalue weighted by Crippen LogP contribution is 2.36. The molecule has 1 saturated carbocycles. The molecule has 2 aliphatic rings. The summed E-state index contributed by atoms with van der Waals surface area (Å²) < 4.78 is 15.9. The first-order valence-electron chi connectivity index (χ1n) is 11.4. The Hall–Kier alpha value is -2.90. The minimum atomic E-state index is -0.604. The Labute approximate surface area is 194 Å². The highest BCUT2D eigenvalue weighted by atomic mass is 16.5. The summed E-state index contributed by atoms with van der Waals surface area (Å²) in [7, 11) is 2.90. The summed E-state index contributed by atoms with van der Waals surface area (Å²) in [6.07, 6.45) is 2.18. The Morgan fingerprint density at radius 3 is 2.82 bits per heavy atom. The summed E-state index contributed by atoms with van der Waals surface area (Å²) >= 11 is 0. The van der Waals surface area contributed by atoms with Crippen LogP contribution in [0.3, 0.4) is 0 Å². The van der Waals surface area contributed by atoms with Gasteiger partial charge in [0.15, 0.2) is 0 Å². The minimum Gasteiger partial charge on any atom is -0.481 e. The lowest BCUT2D eigenvalue weighted by Gasteiger charge is -2.36. The molecule has 1 aliphatic heterocycles. The molecule has 180 valence electrons. The molecule has 1 aromatic heterocycles. The third kappa shape index (κ3) is 6.79. The van der Waals surface area contributed by atoms with E-state index in [-0.39, 0.29) is 30.5 Å². The van der Waals surface area contributed by atoms with E-state index in [4.69, 9.17) is 14.7 Å². The van der Waals surface area contributed by atoms with Gasteiger partial charge in [0.25, 0.3) is 5.91 Å². The molecule has 0 aromatic carbocycles. The van der Waals surface area contributed by atoms with Crippen molar-refractivity contribution < 1.29 is 23.8 Å². The number of morpholine rings is 1. The van der Waals surface area contributed by atoms with E-state index in [0.29, 0.717) is 38.4 Å². The number of carbonyl (C=O) groups is 2. The SMILES string of the molecule is COC(=O)NCCCc1cc([C@H](C)N(C(=O)[C@H]2CNC[C@@H](CC#N)O2)C2CC2)cc(OC)n1. The number of alkyl carbamates (subject to hydrolysis) is 1. The second-order valence-electron chi connectivity index (χ2n) is 8.38. The monoisotopic (exact) mass is 459 g/mol. The third-order valence-corrected chi connectivity index (χ3v) is 5.90. The van der Waals surface area contributed by atoms with Crippen LogP contribution in [0.2, 0.25) is 0 Å². The van der Waals surface area contributed by atoms with Gasteiger partial charge >= 0.3 is 6.09 Å². The number of nitriles is 1. The van der Waals surface area contributed by atoms with E-state index in [2.05, 4.69) is 26.4 Å². The van der Waals surface area contributed by atoms with Gasteiger partial charge in [-0.05, 0) is 44.2 Å². The topological polar surface area (TPSA) is 126 Å². The van der Waals surface area contributed by atoms with Gasteiger partial charge in [0.2, 0.25) is 5.88 Å². The molecule has 0 bridgehead atoms. The molecule has 1 saturated heterocycles. The van der Waals surface area contributed by atoms with Crippen molar-refractivity contribution in [2.24, 2.45) is 0 Å². The predicted octanol–water partition coefficient (Wildman–Crippen LogP) is 1.70. The number of ether oxygens (including phenoxy) is 3. The zero-order chi connectivity index (χ0) is 23.8. The molecular formula is C23H33N5O5. The van der Waals surface area contributed by atoms with E-state index < -0.39 is 12.2 Å². The number of aryl methyl sites for hydroxylation is 1. The Kier molecular flexibility index (Phi) is 8.86. The first kappa shape index (κ1) is 24.7. The Bertz CT molecular complexity index is 869. The van der Waals surface area contributed by atoms with Gasteiger partial charge in [-0.25, -0.2) is 9.78 Å². The fraction of sp³-hybridized carbons (Fsp3) is 0.652. The second-order valence-corrected chi connectivity index (χ2v) is 8.38. The summed E-state index contributed by atoms with van der Waals surface area (Å²) in [6.45, 7) is 3.50. The van der Waals surface area contributed by atoms with Crippen LogP contribution in [0.1, 0.15) is 49.9 Å². The lowest BCUT2D eigenvalue weighted by Crippen LogP contribution is -2.53. The van der Waals surface area contributed by atoms with Crippen LogP contribution in [0.15, 0.2) is 12.1 Å². The van der Waals surface area contributed by atoms with Gasteiger partial charge in [0, 0.05) is 37.4 Å². The molecule has 3 atom stereocenters. The number of hydrogen-bond acceptors (Lipinski definition) is 8. The highest BCUT2D eigenvalue weighted by molar-refractivity contribution is 5.82. The molecule has 10 heteroatoms. The molecule has 2 heterocycles. The minimum absolute atomic E-state index is 0.0558. The van der Waals surface area contributed by atoms with Crippen molar-refractivity contribution in [2.45, 2.75) is 63.3 Å². The fourth-order valence-corrected chi connectivity index (χ4v) is 4.03. The van der Waals surface area contributed by atoms with Gasteiger partial charge in [0.05, 0.1) is 38.9 Å². The zero-order valence-corrected chi connectivity index (χ0v) is 19.5. The molecule has 3 rings (SSSR count). The van der Waals surface area contributed by atoms with Crippen LogP contribution >= 0.6 is 0 Å². The van der Waals surface area contributed by atoms with E-state index in [1.165, 1.54) is 7.11 Å². The maximum atomic E-state index is 13.5. The van der Waals surface area contributed by atoms with E-state index in [1.54, 1.807) is 7.11 Å². The first-order valence-corrected chi connectivity index (χ1v) is 11.4. The van der Waals surface area contributed by atoms with Gasteiger partial charge < -0.3 is 29.7 Å². The van der Waals surface area contributed by atoms with Gasteiger partial charge in [0.1, 0.15) is 6.10 Å². The highest BCUT2D eigenvalue weighted by Gasteiger charge is 2.41. The average molecular weight is 460 g/mol. The van der Waals surface area contributed by atoms with Gasteiger partial charge in [-0.1, -0.05) is 0 Å². The van der Waals surface area contributed by atoms with Gasteiger partial charge in [-0.15, -0.1) is 0 Å². The standard InChI is InChI=1S/C23H33N5O5/c1-15(16-11-17(27-21(12-16)31-2)5-4-10-26-23(30)32-3)28(18-6-7-18)22(29)20-14-25-13-19(33-20)8-9-24/h11-12,15,18-20,25H,4-8,10,13-14H2,1-3H3,(H,26,30)/t15-,19+,20+/m0/s1. The second kappa shape index (κ2) is 11.8. The third-order valence-electron chi connectivity index (χ3n) is 5.90. The Morgan fingerprint density at radius 1 is 1.36 bits per heavy atom. The van der Waals surface area contributed by atoms with Crippen LogP contribution in [-0.2, 0) is 20.7 Å². The molecule has 0 unspecified atom stereocenters. The molecule has 0 spiro atoms. The quantitative estimate of drug-likeness (QED) is 0.507. The lowest BCUT2D eigenvalue weighted by atomic mass is 10.0. The van der Waals surface area contributed by atoms with Crippen molar-refractivity contribution >= 4 is 12.0 Å². The molecule has 0 radical (unpaired) electrons. The summed E-state index contributed by atoms with van der Waals surface area (Å²) in [5.74, 6) is 0.433. The largest absolute Gasteiger partial charge is 0.481 e. The van der Waals surface area contributed by atoms with E-state index in [1.807, 2.05) is 24.0 Å². The van der Waals surface area contributed by atoms with E-state index in [0.717, 1.165) is 24.1 Å². The van der Waals surface area contributed by atoms with Crippen LogP contribution in [0, 0.1) is 11.3 Å². The average Bonchev–Trinajstić information content (AvgIpc) is 3.67. The number of aromatic nitrogens is 1. The first-order chi connectivity index (χ1) is 16.0. The van der Waals surface area contributed by atoms with Crippen LogP contribution in [0.4, 0.5) is 4.79 Å². The lowest BCUT2D eigenvalue weighted by molar-refractivity contribution is -0.153. The van der Waals surface area contributed by atoms with Crippen molar-refractivity contribution in [2.75, 3.05) is 33.9 Å². The number of rotatable bonds is 10. The molecule has 2 amide bonds. The molecular weight excluding hydrogens is 426 g/mol. The normalized spacial score (nSPS) is 20.9. The van der Waals surface area contributed by atoms with Crippen LogP contribution < -0.4 is 15.4 Å². The van der Waals surface area contributed by atoms with E-state index in [9.17, 15) is 9.59 Å². The number of methoxy groups -OCH3 is 2. The maximum Gasteiger partial charge on any atom is 0.406 e. The number of nitrogens with zero attached hydrogens (tertiary/aromatic N) is 3. The summed E-state index contributed by atoms with van der Waals surface area (Å²) in [5, 5.41) is 14.9. The fourth-order valence-electron chi connectivity index (χ4n) is 4.03. The van der Waals surface area contributed by atoms with Crippen molar-refractivity contribution in [3.63, 3.8) is 0 Å². The maximum absolute atomic E-state index is 13.5. The van der Waals surface area contributed by atoms with Gasteiger partial charge in [-0.2, -0.15) is 5.26 Å². The van der Waals surface area contributed by atoms with Crippen LogP contribution in [-0.4, -0.2) is 74.0 Å². The summed E-state index contributed by atoms with van der Waals surface area (Å²) in [5.41, 5.74) is 1.77. The Morgan fingerprint density at radius 2 is 2.15 bits per heavy atom. The molecule has 1 aromatic rings. The smallest absolute Gasteiger partial charge is 0.406 e. The van der Waals surface area contributed by atoms with E-state index >= 15 is 0 Å². The predicted molar refractivity (Wildman–Crippen MR) is 120 cm³/mol. The van der Waals surface area contributed by atoms with Crippen LogP contribution in [0.25, 0.3) is 0 Å². The summed E-state index contributed by atoms with van der Waals surface area (Å²) in [4.78, 5) is 31.1. The number of nitrogens with one attached hydrogen (secondary N) is 2. The van der Waals surface area contributed by atoms with Crippen molar-refractivity contribution in [3.05, 3.63) is 23.4 Å². The van der Waals surface area contributed by atoms with Gasteiger partial charge in [-0.3, -0.25) is 4.79 Å². The number of pyridine rings is 1. The van der Waals surface area contributed by atoms with Crippen LogP contribution in [0.5, 0.6) is 5.88 Å².